The van der Waals surface area contributed by atoms with Gasteiger partial charge in [0, 0.05) is 36.9 Å². The minimum atomic E-state index is -0.0490. The zero-order valence-corrected chi connectivity index (χ0v) is 10.3. The lowest BCUT2D eigenvalue weighted by atomic mass is 10.1. The number of nitrogens with one attached hydrogen (secondary N) is 3. The molecule has 4 nitrogen and oxygen atoms in total. The second-order valence-corrected chi connectivity index (χ2v) is 4.89. The van der Waals surface area contributed by atoms with Gasteiger partial charge in [-0.2, -0.15) is 0 Å². The highest BCUT2D eigenvalue weighted by Crippen LogP contribution is 1.96. The van der Waals surface area contributed by atoms with Crippen LogP contribution in [0.15, 0.2) is 23.0 Å². The smallest absolute Gasteiger partial charge is 0.248 e. The van der Waals surface area contributed by atoms with E-state index in [1.807, 2.05) is 6.07 Å². The molecular weight excluding hydrogens is 202 g/mol. The monoisotopic (exact) mass is 223 g/mol. The summed E-state index contributed by atoms with van der Waals surface area (Å²) in [6, 6.07) is 5.19. The van der Waals surface area contributed by atoms with Gasteiger partial charge in [0.25, 0.3) is 0 Å². The van der Waals surface area contributed by atoms with Gasteiger partial charge in [0.1, 0.15) is 0 Å². The number of rotatable bonds is 5. The quantitative estimate of drug-likeness (QED) is 0.649. The molecule has 0 aromatic carbocycles. The molecule has 0 saturated carbocycles. The van der Waals surface area contributed by atoms with Gasteiger partial charge in [-0.3, -0.25) is 4.79 Å². The van der Waals surface area contributed by atoms with E-state index in [1.54, 1.807) is 6.07 Å². The highest BCUT2D eigenvalue weighted by atomic mass is 16.1. The Morgan fingerprint density at radius 3 is 2.62 bits per heavy atom. The van der Waals surface area contributed by atoms with Gasteiger partial charge in [0.15, 0.2) is 0 Å². The molecule has 3 N–H and O–H groups in total. The van der Waals surface area contributed by atoms with Crippen molar-refractivity contribution in [3.8, 4) is 0 Å². The van der Waals surface area contributed by atoms with Crippen LogP contribution in [0.4, 0.5) is 0 Å². The summed E-state index contributed by atoms with van der Waals surface area (Å²) in [4.78, 5) is 13.8. The van der Waals surface area contributed by atoms with Gasteiger partial charge in [0.05, 0.1) is 0 Å². The maximum Gasteiger partial charge on any atom is 0.248 e. The average molecular weight is 223 g/mol. The third-order valence-corrected chi connectivity index (χ3v) is 2.10. The fourth-order valence-electron chi connectivity index (χ4n) is 1.35. The van der Waals surface area contributed by atoms with Crippen LogP contribution in [0.5, 0.6) is 0 Å². The number of hydrogen-bond acceptors (Lipinski definition) is 3. The molecule has 4 heteroatoms. The van der Waals surface area contributed by atoms with Gasteiger partial charge < -0.3 is 15.6 Å². The van der Waals surface area contributed by atoms with Crippen LogP contribution in [0, 0.1) is 0 Å². The molecule has 1 aromatic heterocycles. The first kappa shape index (κ1) is 12.9. The Bertz CT molecular complexity index is 365. The van der Waals surface area contributed by atoms with Crippen LogP contribution >= 0.6 is 0 Å². The van der Waals surface area contributed by atoms with Gasteiger partial charge in [-0.05, 0) is 26.8 Å². The highest BCUT2D eigenvalue weighted by molar-refractivity contribution is 5.03. The summed E-state index contributed by atoms with van der Waals surface area (Å²) < 4.78 is 0. The van der Waals surface area contributed by atoms with E-state index >= 15 is 0 Å². The van der Waals surface area contributed by atoms with Crippen molar-refractivity contribution in [2.75, 3.05) is 13.1 Å². The molecule has 0 radical (unpaired) electrons. The van der Waals surface area contributed by atoms with Crippen LogP contribution in [0.3, 0.4) is 0 Å². The van der Waals surface area contributed by atoms with E-state index in [0.717, 1.165) is 18.8 Å². The lowest BCUT2D eigenvalue weighted by Crippen LogP contribution is -2.40. The fourth-order valence-corrected chi connectivity index (χ4v) is 1.35. The molecule has 0 aliphatic heterocycles. The lowest BCUT2D eigenvalue weighted by molar-refractivity contribution is 0.421. The molecule has 0 fully saturated rings. The Hall–Kier alpha value is -1.13. The van der Waals surface area contributed by atoms with E-state index in [1.165, 1.54) is 6.07 Å². The molecule has 0 aliphatic carbocycles. The van der Waals surface area contributed by atoms with Crippen molar-refractivity contribution < 1.29 is 0 Å². The summed E-state index contributed by atoms with van der Waals surface area (Å²) >= 11 is 0. The van der Waals surface area contributed by atoms with E-state index in [0.29, 0.717) is 6.54 Å². The first-order valence-corrected chi connectivity index (χ1v) is 5.61. The molecule has 90 valence electrons. The topological polar surface area (TPSA) is 56.9 Å². The van der Waals surface area contributed by atoms with Crippen molar-refractivity contribution in [2.24, 2.45) is 0 Å². The number of aromatic amines is 1. The first-order chi connectivity index (χ1) is 7.47. The van der Waals surface area contributed by atoms with Crippen LogP contribution < -0.4 is 16.2 Å². The SMILES string of the molecule is CC(C)(C)NCCNCc1cccc(=O)[nH]1. The van der Waals surface area contributed by atoms with E-state index in [9.17, 15) is 4.79 Å². The zero-order chi connectivity index (χ0) is 12.0. The summed E-state index contributed by atoms with van der Waals surface area (Å²) in [5.41, 5.74) is 1.03. The van der Waals surface area contributed by atoms with Crippen LogP contribution in [-0.2, 0) is 6.54 Å². The largest absolute Gasteiger partial charge is 0.325 e. The average Bonchev–Trinajstić information content (AvgIpc) is 2.15. The molecule has 0 spiro atoms. The summed E-state index contributed by atoms with van der Waals surface area (Å²) in [7, 11) is 0. The van der Waals surface area contributed by atoms with Crippen molar-refractivity contribution in [3.05, 3.63) is 34.2 Å². The summed E-state index contributed by atoms with van der Waals surface area (Å²) in [6.45, 7) is 8.92. The molecule has 1 aromatic rings. The Morgan fingerprint density at radius 1 is 1.25 bits per heavy atom. The second kappa shape index (κ2) is 5.82. The third kappa shape index (κ3) is 5.68. The molecule has 1 rings (SSSR count). The van der Waals surface area contributed by atoms with E-state index < -0.39 is 0 Å². The first-order valence-electron chi connectivity index (χ1n) is 5.61. The Kier molecular flexibility index (Phi) is 4.71. The van der Waals surface area contributed by atoms with Crippen molar-refractivity contribution >= 4 is 0 Å². The number of H-pyrrole nitrogens is 1. The third-order valence-electron chi connectivity index (χ3n) is 2.10. The summed E-state index contributed by atoms with van der Waals surface area (Å²) in [6.07, 6.45) is 0. The number of pyridine rings is 1. The van der Waals surface area contributed by atoms with Crippen molar-refractivity contribution in [3.63, 3.8) is 0 Å². The summed E-state index contributed by atoms with van der Waals surface area (Å²) in [5.74, 6) is 0. The highest BCUT2D eigenvalue weighted by Gasteiger charge is 2.06. The number of aromatic nitrogens is 1. The number of hydrogen-bond donors (Lipinski definition) is 3. The van der Waals surface area contributed by atoms with Crippen LogP contribution in [0.1, 0.15) is 26.5 Å². The predicted octanol–water partition coefficient (Wildman–Crippen LogP) is 0.853. The normalized spacial score (nSPS) is 11.7. The van der Waals surface area contributed by atoms with Crippen LogP contribution in [0.25, 0.3) is 0 Å². The maximum atomic E-state index is 11.0. The standard InChI is InChI=1S/C12H21N3O/c1-12(2,3)14-8-7-13-9-10-5-4-6-11(16)15-10/h4-6,13-14H,7-9H2,1-3H3,(H,15,16). The minimum Gasteiger partial charge on any atom is -0.325 e. The van der Waals surface area contributed by atoms with E-state index in [4.69, 9.17) is 0 Å². The Balaban J connectivity index is 2.19. The van der Waals surface area contributed by atoms with Crippen molar-refractivity contribution in [1.29, 1.82) is 0 Å². The fraction of sp³-hybridized carbons (Fsp3) is 0.583. The van der Waals surface area contributed by atoms with Gasteiger partial charge in [-0.15, -0.1) is 0 Å². The molecule has 0 saturated heterocycles. The van der Waals surface area contributed by atoms with Crippen LogP contribution in [-0.4, -0.2) is 23.6 Å². The molecule has 0 unspecified atom stereocenters. The van der Waals surface area contributed by atoms with Gasteiger partial charge in [0.2, 0.25) is 5.56 Å². The van der Waals surface area contributed by atoms with E-state index in [-0.39, 0.29) is 11.1 Å². The molecule has 16 heavy (non-hydrogen) atoms. The Morgan fingerprint density at radius 2 is 2.00 bits per heavy atom. The van der Waals surface area contributed by atoms with E-state index in [2.05, 4.69) is 36.4 Å². The molecule has 0 aliphatic rings. The van der Waals surface area contributed by atoms with Gasteiger partial charge >= 0.3 is 0 Å². The minimum absolute atomic E-state index is 0.0490. The second-order valence-electron chi connectivity index (χ2n) is 4.89. The predicted molar refractivity (Wildman–Crippen MR) is 66.5 cm³/mol. The van der Waals surface area contributed by atoms with Crippen LogP contribution in [0.2, 0.25) is 0 Å². The van der Waals surface area contributed by atoms with Crippen molar-refractivity contribution in [1.82, 2.24) is 15.6 Å². The molecule has 0 atom stereocenters. The lowest BCUT2D eigenvalue weighted by Gasteiger charge is -2.20. The maximum absolute atomic E-state index is 11.0. The molecule has 1 heterocycles. The molecular formula is C12H21N3O. The molecule has 0 bridgehead atoms. The zero-order valence-electron chi connectivity index (χ0n) is 10.3. The summed E-state index contributed by atoms with van der Waals surface area (Å²) in [5, 5.41) is 6.65. The van der Waals surface area contributed by atoms with Crippen molar-refractivity contribution in [2.45, 2.75) is 32.9 Å². The van der Waals surface area contributed by atoms with Gasteiger partial charge in [-0.25, -0.2) is 0 Å². The van der Waals surface area contributed by atoms with Gasteiger partial charge in [-0.1, -0.05) is 6.07 Å². The Labute approximate surface area is 96.5 Å². The molecule has 0 amide bonds.